The molecule has 1 aliphatic rings. The van der Waals surface area contributed by atoms with Gasteiger partial charge in [-0.1, -0.05) is 13.8 Å². The highest BCUT2D eigenvalue weighted by atomic mass is 16.7. The molecule has 3 nitrogen and oxygen atoms in total. The fraction of sp³-hybridized carbons (Fsp3) is 0.889. The maximum atomic E-state index is 10.5. The lowest BCUT2D eigenvalue weighted by molar-refractivity contribution is -0.176. The van der Waals surface area contributed by atoms with Gasteiger partial charge in [-0.2, -0.15) is 0 Å². The van der Waals surface area contributed by atoms with Crippen LogP contribution in [0.2, 0.25) is 0 Å². The van der Waals surface area contributed by atoms with Gasteiger partial charge in [0.2, 0.25) is 0 Å². The van der Waals surface area contributed by atoms with E-state index in [1.54, 1.807) is 0 Å². The van der Waals surface area contributed by atoms with Crippen LogP contribution in [0.15, 0.2) is 0 Å². The molecule has 1 aliphatic heterocycles. The largest absolute Gasteiger partial charge is 0.352 e. The highest BCUT2D eigenvalue weighted by Gasteiger charge is 2.22. The Hall–Kier alpha value is -0.410. The van der Waals surface area contributed by atoms with Crippen molar-refractivity contribution in [2.24, 2.45) is 5.92 Å². The average Bonchev–Trinajstić information content (AvgIpc) is 2.28. The molecule has 1 saturated heterocycles. The third-order valence-corrected chi connectivity index (χ3v) is 1.92. The molecule has 0 amide bonds. The standard InChI is InChI=1S/C9H16O3/c1-7(2)9-11-5-3-4-8(6-10)12-9/h6-9H,3-5H2,1-2H3/t8-,9-/m1/s1. The lowest BCUT2D eigenvalue weighted by atomic mass is 10.2. The summed E-state index contributed by atoms with van der Waals surface area (Å²) in [4.78, 5) is 10.5. The van der Waals surface area contributed by atoms with Crippen LogP contribution in [0.1, 0.15) is 26.7 Å². The number of ether oxygens (including phenoxy) is 2. The summed E-state index contributed by atoms with van der Waals surface area (Å²) in [6.07, 6.45) is 2.09. The predicted molar refractivity (Wildman–Crippen MR) is 44.7 cm³/mol. The zero-order chi connectivity index (χ0) is 8.97. The average molecular weight is 172 g/mol. The van der Waals surface area contributed by atoms with E-state index < -0.39 is 0 Å². The fourth-order valence-corrected chi connectivity index (χ4v) is 1.21. The van der Waals surface area contributed by atoms with Gasteiger partial charge < -0.3 is 14.3 Å². The summed E-state index contributed by atoms with van der Waals surface area (Å²) in [6.45, 7) is 4.75. The molecule has 0 aromatic carbocycles. The lowest BCUT2D eigenvalue weighted by Crippen LogP contribution is -2.27. The van der Waals surface area contributed by atoms with E-state index in [-0.39, 0.29) is 12.4 Å². The Morgan fingerprint density at radius 3 is 2.83 bits per heavy atom. The zero-order valence-electron chi connectivity index (χ0n) is 7.66. The van der Waals surface area contributed by atoms with Crippen LogP contribution in [0, 0.1) is 5.92 Å². The Balaban J connectivity index is 2.47. The normalized spacial score (nSPS) is 31.6. The molecule has 0 aliphatic carbocycles. The van der Waals surface area contributed by atoms with Crippen LogP contribution in [0.3, 0.4) is 0 Å². The molecule has 0 N–H and O–H groups in total. The van der Waals surface area contributed by atoms with Crippen LogP contribution < -0.4 is 0 Å². The Morgan fingerprint density at radius 2 is 2.25 bits per heavy atom. The second-order valence-electron chi connectivity index (χ2n) is 3.44. The molecule has 0 saturated carbocycles. The number of rotatable bonds is 2. The smallest absolute Gasteiger partial charge is 0.160 e. The zero-order valence-corrected chi connectivity index (χ0v) is 7.66. The van der Waals surface area contributed by atoms with Gasteiger partial charge in [-0.05, 0) is 12.8 Å². The molecule has 0 aromatic rings. The van der Waals surface area contributed by atoms with Gasteiger partial charge >= 0.3 is 0 Å². The van der Waals surface area contributed by atoms with E-state index in [0.717, 1.165) is 19.1 Å². The molecular weight excluding hydrogens is 156 g/mol. The van der Waals surface area contributed by atoms with Crippen LogP contribution in [-0.2, 0) is 14.3 Å². The summed E-state index contributed by atoms with van der Waals surface area (Å²) in [6, 6.07) is 0. The van der Waals surface area contributed by atoms with Crippen molar-refractivity contribution in [1.82, 2.24) is 0 Å². The minimum absolute atomic E-state index is 0.206. The van der Waals surface area contributed by atoms with Crippen LogP contribution >= 0.6 is 0 Å². The Bertz CT molecular complexity index is 145. The van der Waals surface area contributed by atoms with E-state index >= 15 is 0 Å². The topological polar surface area (TPSA) is 35.5 Å². The summed E-state index contributed by atoms with van der Waals surface area (Å²) in [5.41, 5.74) is 0. The van der Waals surface area contributed by atoms with Crippen molar-refractivity contribution in [2.75, 3.05) is 6.61 Å². The first-order chi connectivity index (χ1) is 5.74. The fourth-order valence-electron chi connectivity index (χ4n) is 1.21. The second kappa shape index (κ2) is 4.58. The molecule has 3 heteroatoms. The maximum Gasteiger partial charge on any atom is 0.160 e. The highest BCUT2D eigenvalue weighted by molar-refractivity contribution is 5.55. The molecule has 1 rings (SSSR count). The predicted octanol–water partition coefficient (Wildman–Crippen LogP) is 1.36. The summed E-state index contributed by atoms with van der Waals surface area (Å²) < 4.78 is 10.8. The quantitative estimate of drug-likeness (QED) is 0.590. The monoisotopic (exact) mass is 172 g/mol. The minimum Gasteiger partial charge on any atom is -0.352 e. The first-order valence-corrected chi connectivity index (χ1v) is 4.46. The van der Waals surface area contributed by atoms with Crippen molar-refractivity contribution in [2.45, 2.75) is 39.1 Å². The molecule has 0 spiro atoms. The number of aldehydes is 1. The molecule has 2 atom stereocenters. The van der Waals surface area contributed by atoms with E-state index in [2.05, 4.69) is 0 Å². The van der Waals surface area contributed by atoms with Gasteiger partial charge in [0, 0.05) is 12.5 Å². The lowest BCUT2D eigenvalue weighted by Gasteiger charge is -2.20. The van der Waals surface area contributed by atoms with Gasteiger partial charge in [0.1, 0.15) is 12.4 Å². The summed E-state index contributed by atoms with van der Waals surface area (Å²) in [5, 5.41) is 0. The number of carbonyl (C=O) groups is 1. The third-order valence-electron chi connectivity index (χ3n) is 1.92. The van der Waals surface area contributed by atoms with Crippen molar-refractivity contribution >= 4 is 6.29 Å². The van der Waals surface area contributed by atoms with Crippen LogP contribution in [-0.4, -0.2) is 25.3 Å². The maximum absolute atomic E-state index is 10.5. The SMILES string of the molecule is CC(C)[C@@H]1OCCC[C@H](C=O)O1. The summed E-state index contributed by atoms with van der Waals surface area (Å²) in [5.74, 6) is 0.311. The third kappa shape index (κ3) is 2.57. The van der Waals surface area contributed by atoms with Gasteiger partial charge in [-0.3, -0.25) is 0 Å². The van der Waals surface area contributed by atoms with Gasteiger partial charge in [0.05, 0.1) is 0 Å². The molecule has 70 valence electrons. The molecule has 0 bridgehead atoms. The number of carbonyl (C=O) groups excluding carboxylic acids is 1. The Morgan fingerprint density at radius 1 is 1.50 bits per heavy atom. The van der Waals surface area contributed by atoms with E-state index in [1.807, 2.05) is 13.8 Å². The van der Waals surface area contributed by atoms with Crippen LogP contribution in [0.25, 0.3) is 0 Å². The van der Waals surface area contributed by atoms with Crippen LogP contribution in [0.4, 0.5) is 0 Å². The highest BCUT2D eigenvalue weighted by Crippen LogP contribution is 2.17. The molecule has 1 heterocycles. The van der Waals surface area contributed by atoms with E-state index in [1.165, 1.54) is 0 Å². The van der Waals surface area contributed by atoms with Gasteiger partial charge in [0.25, 0.3) is 0 Å². The Kier molecular flexibility index (Phi) is 3.69. The molecule has 1 fully saturated rings. The van der Waals surface area contributed by atoms with Crippen LogP contribution in [0.5, 0.6) is 0 Å². The number of hydrogen-bond donors (Lipinski definition) is 0. The Labute approximate surface area is 73.0 Å². The first-order valence-electron chi connectivity index (χ1n) is 4.46. The van der Waals surface area contributed by atoms with Crippen molar-refractivity contribution in [3.8, 4) is 0 Å². The van der Waals surface area contributed by atoms with Gasteiger partial charge in [-0.25, -0.2) is 0 Å². The minimum atomic E-state index is -0.264. The van der Waals surface area contributed by atoms with Crippen molar-refractivity contribution in [1.29, 1.82) is 0 Å². The molecule has 0 radical (unpaired) electrons. The second-order valence-corrected chi connectivity index (χ2v) is 3.44. The van der Waals surface area contributed by atoms with E-state index in [0.29, 0.717) is 12.5 Å². The van der Waals surface area contributed by atoms with Crippen molar-refractivity contribution in [3.05, 3.63) is 0 Å². The molecule has 12 heavy (non-hydrogen) atoms. The van der Waals surface area contributed by atoms with Crippen molar-refractivity contribution < 1.29 is 14.3 Å². The molecule has 0 unspecified atom stereocenters. The van der Waals surface area contributed by atoms with E-state index in [4.69, 9.17) is 9.47 Å². The number of hydrogen-bond acceptors (Lipinski definition) is 3. The molecular formula is C9H16O3. The van der Waals surface area contributed by atoms with Crippen molar-refractivity contribution in [3.63, 3.8) is 0 Å². The summed E-state index contributed by atoms with van der Waals surface area (Å²) in [7, 11) is 0. The van der Waals surface area contributed by atoms with Gasteiger partial charge in [-0.15, -0.1) is 0 Å². The van der Waals surface area contributed by atoms with E-state index in [9.17, 15) is 4.79 Å². The first kappa shape index (κ1) is 9.68. The molecule has 0 aromatic heterocycles. The summed E-state index contributed by atoms with van der Waals surface area (Å²) >= 11 is 0. The van der Waals surface area contributed by atoms with Gasteiger partial charge in [0.15, 0.2) is 6.29 Å².